The van der Waals surface area contributed by atoms with Crippen LogP contribution in [0.3, 0.4) is 0 Å². The van der Waals surface area contributed by atoms with Gasteiger partial charge in [-0.25, -0.2) is 4.98 Å². The zero-order valence-corrected chi connectivity index (χ0v) is 9.16. The molecule has 0 aliphatic carbocycles. The summed E-state index contributed by atoms with van der Waals surface area (Å²) in [4.78, 5) is 4.47. The standard InChI is InChI=1S/C10H10BrN3/c11-9-3-1-2-8-6-13-10(14(8)9)7-4-12-5-7/h1-3,6-7,12H,4-5H2. The first-order valence-electron chi connectivity index (χ1n) is 4.69. The second kappa shape index (κ2) is 3.07. The minimum atomic E-state index is 0.566. The van der Waals surface area contributed by atoms with E-state index in [9.17, 15) is 0 Å². The molecule has 14 heavy (non-hydrogen) atoms. The van der Waals surface area contributed by atoms with Crippen molar-refractivity contribution in [3.8, 4) is 0 Å². The van der Waals surface area contributed by atoms with Crippen LogP contribution in [0.5, 0.6) is 0 Å². The van der Waals surface area contributed by atoms with Crippen molar-refractivity contribution in [3.63, 3.8) is 0 Å². The van der Waals surface area contributed by atoms with Gasteiger partial charge in [0.25, 0.3) is 0 Å². The van der Waals surface area contributed by atoms with Crippen LogP contribution in [-0.2, 0) is 0 Å². The van der Waals surface area contributed by atoms with Gasteiger partial charge in [0.15, 0.2) is 0 Å². The number of imidazole rings is 1. The molecule has 0 bridgehead atoms. The van der Waals surface area contributed by atoms with E-state index in [1.165, 1.54) is 0 Å². The lowest BCUT2D eigenvalue weighted by atomic mass is 10.0. The van der Waals surface area contributed by atoms with Crippen molar-refractivity contribution in [1.82, 2.24) is 14.7 Å². The number of nitrogens with zero attached hydrogens (tertiary/aromatic N) is 2. The molecule has 3 rings (SSSR count). The predicted octanol–water partition coefficient (Wildman–Crippen LogP) is 1.78. The van der Waals surface area contributed by atoms with E-state index in [-0.39, 0.29) is 0 Å². The van der Waals surface area contributed by atoms with Crippen LogP contribution in [0.2, 0.25) is 0 Å². The average Bonchev–Trinajstić information content (AvgIpc) is 2.47. The van der Waals surface area contributed by atoms with Crippen LogP contribution in [0.25, 0.3) is 5.52 Å². The number of fused-ring (bicyclic) bond motifs is 1. The zero-order chi connectivity index (χ0) is 9.54. The van der Waals surface area contributed by atoms with Gasteiger partial charge < -0.3 is 5.32 Å². The smallest absolute Gasteiger partial charge is 0.119 e. The summed E-state index contributed by atoms with van der Waals surface area (Å²) in [5.74, 6) is 1.72. The van der Waals surface area contributed by atoms with Gasteiger partial charge in [0.2, 0.25) is 0 Å². The highest BCUT2D eigenvalue weighted by Crippen LogP contribution is 2.23. The van der Waals surface area contributed by atoms with Gasteiger partial charge in [-0.15, -0.1) is 0 Å². The van der Waals surface area contributed by atoms with E-state index in [4.69, 9.17) is 0 Å². The lowest BCUT2D eigenvalue weighted by Gasteiger charge is -2.26. The Morgan fingerprint density at radius 3 is 3.00 bits per heavy atom. The number of hydrogen-bond acceptors (Lipinski definition) is 2. The third kappa shape index (κ3) is 1.11. The number of hydrogen-bond donors (Lipinski definition) is 1. The van der Waals surface area contributed by atoms with Crippen LogP contribution < -0.4 is 5.32 Å². The maximum absolute atomic E-state index is 4.47. The third-order valence-electron chi connectivity index (χ3n) is 2.68. The van der Waals surface area contributed by atoms with Gasteiger partial charge in [-0.05, 0) is 28.1 Å². The van der Waals surface area contributed by atoms with Crippen LogP contribution in [0.1, 0.15) is 11.7 Å². The number of halogens is 1. The first kappa shape index (κ1) is 8.44. The number of rotatable bonds is 1. The first-order chi connectivity index (χ1) is 6.86. The highest BCUT2D eigenvalue weighted by Gasteiger charge is 2.23. The molecule has 3 nitrogen and oxygen atoms in total. The fourth-order valence-electron chi connectivity index (χ4n) is 1.79. The maximum Gasteiger partial charge on any atom is 0.119 e. The second-order valence-corrected chi connectivity index (χ2v) is 4.39. The molecule has 1 aliphatic heterocycles. The van der Waals surface area contributed by atoms with Crippen LogP contribution in [-0.4, -0.2) is 22.5 Å². The minimum absolute atomic E-state index is 0.566. The normalized spacial score (nSPS) is 17.2. The highest BCUT2D eigenvalue weighted by atomic mass is 79.9. The highest BCUT2D eigenvalue weighted by molar-refractivity contribution is 9.10. The predicted molar refractivity (Wildman–Crippen MR) is 58.5 cm³/mol. The largest absolute Gasteiger partial charge is 0.315 e. The summed E-state index contributed by atoms with van der Waals surface area (Å²) in [5.41, 5.74) is 1.15. The molecule has 72 valence electrons. The molecule has 0 amide bonds. The Hall–Kier alpha value is -0.870. The molecule has 1 fully saturated rings. The van der Waals surface area contributed by atoms with E-state index in [0.717, 1.165) is 29.0 Å². The molecule has 0 unspecified atom stereocenters. The van der Waals surface area contributed by atoms with Crippen molar-refractivity contribution in [2.75, 3.05) is 13.1 Å². The summed E-state index contributed by atoms with van der Waals surface area (Å²) in [6, 6.07) is 6.15. The molecule has 2 aromatic heterocycles. The molecule has 0 spiro atoms. The van der Waals surface area contributed by atoms with Crippen LogP contribution in [0.15, 0.2) is 29.0 Å². The summed E-state index contributed by atoms with van der Waals surface area (Å²) < 4.78 is 3.25. The van der Waals surface area contributed by atoms with Gasteiger partial charge in [-0.1, -0.05) is 6.07 Å². The fraction of sp³-hybridized carbons (Fsp3) is 0.300. The summed E-state index contributed by atoms with van der Waals surface area (Å²) in [5, 5.41) is 3.27. The first-order valence-corrected chi connectivity index (χ1v) is 5.48. The Balaban J connectivity index is 2.23. The number of aromatic nitrogens is 2. The lowest BCUT2D eigenvalue weighted by Crippen LogP contribution is -2.40. The van der Waals surface area contributed by atoms with Gasteiger partial charge in [-0.3, -0.25) is 4.40 Å². The third-order valence-corrected chi connectivity index (χ3v) is 3.30. The van der Waals surface area contributed by atoms with E-state index in [1.807, 2.05) is 18.3 Å². The van der Waals surface area contributed by atoms with Crippen molar-refractivity contribution in [2.45, 2.75) is 5.92 Å². The van der Waals surface area contributed by atoms with Crippen LogP contribution in [0, 0.1) is 0 Å². The number of pyridine rings is 1. The monoisotopic (exact) mass is 251 g/mol. The average molecular weight is 252 g/mol. The fourth-order valence-corrected chi connectivity index (χ4v) is 2.33. The van der Waals surface area contributed by atoms with Crippen molar-refractivity contribution in [3.05, 3.63) is 34.8 Å². The lowest BCUT2D eigenvalue weighted by molar-refractivity contribution is 0.428. The SMILES string of the molecule is Brc1cccc2cnc(C3CNC3)n12. The molecule has 4 heteroatoms. The summed E-state index contributed by atoms with van der Waals surface area (Å²) >= 11 is 3.55. The Labute approximate surface area is 90.3 Å². The van der Waals surface area contributed by atoms with E-state index < -0.39 is 0 Å². The van der Waals surface area contributed by atoms with Crippen molar-refractivity contribution < 1.29 is 0 Å². The van der Waals surface area contributed by atoms with Crippen LogP contribution >= 0.6 is 15.9 Å². The summed E-state index contributed by atoms with van der Waals surface area (Å²) in [7, 11) is 0. The summed E-state index contributed by atoms with van der Waals surface area (Å²) in [6.07, 6.45) is 1.93. The Kier molecular flexibility index (Phi) is 1.85. The van der Waals surface area contributed by atoms with E-state index >= 15 is 0 Å². The van der Waals surface area contributed by atoms with Gasteiger partial charge >= 0.3 is 0 Å². The number of nitrogens with one attached hydrogen (secondary N) is 1. The van der Waals surface area contributed by atoms with E-state index in [1.54, 1.807) is 0 Å². The molecule has 0 aromatic carbocycles. The zero-order valence-electron chi connectivity index (χ0n) is 7.57. The Bertz CT molecular complexity index is 473. The maximum atomic E-state index is 4.47. The molecule has 3 heterocycles. The van der Waals surface area contributed by atoms with Crippen molar-refractivity contribution >= 4 is 21.4 Å². The molecular weight excluding hydrogens is 242 g/mol. The molecule has 0 radical (unpaired) electrons. The molecule has 2 aromatic rings. The minimum Gasteiger partial charge on any atom is -0.315 e. The molecular formula is C10H10BrN3. The van der Waals surface area contributed by atoms with E-state index in [0.29, 0.717) is 5.92 Å². The Morgan fingerprint density at radius 1 is 1.43 bits per heavy atom. The topological polar surface area (TPSA) is 29.3 Å². The van der Waals surface area contributed by atoms with E-state index in [2.05, 4.69) is 36.7 Å². The van der Waals surface area contributed by atoms with Gasteiger partial charge in [0.05, 0.1) is 16.3 Å². The Morgan fingerprint density at radius 2 is 2.29 bits per heavy atom. The quantitative estimate of drug-likeness (QED) is 0.784. The molecule has 1 saturated heterocycles. The molecule has 1 aliphatic rings. The van der Waals surface area contributed by atoms with Crippen LogP contribution in [0.4, 0.5) is 0 Å². The second-order valence-electron chi connectivity index (χ2n) is 3.58. The van der Waals surface area contributed by atoms with Crippen molar-refractivity contribution in [2.24, 2.45) is 0 Å². The van der Waals surface area contributed by atoms with Gasteiger partial charge in [0, 0.05) is 19.0 Å². The molecule has 1 N–H and O–H groups in total. The van der Waals surface area contributed by atoms with Gasteiger partial charge in [0.1, 0.15) is 5.82 Å². The molecule has 0 saturated carbocycles. The molecule has 0 atom stereocenters. The van der Waals surface area contributed by atoms with Gasteiger partial charge in [-0.2, -0.15) is 0 Å². The summed E-state index contributed by atoms with van der Waals surface area (Å²) in [6.45, 7) is 2.08. The van der Waals surface area contributed by atoms with Crippen molar-refractivity contribution in [1.29, 1.82) is 0 Å².